The van der Waals surface area contributed by atoms with Crippen LogP contribution in [0.2, 0.25) is 0 Å². The molecule has 0 aliphatic rings. The Bertz CT molecular complexity index is 460. The maximum absolute atomic E-state index is 2.25. The van der Waals surface area contributed by atoms with Crippen LogP contribution in [0.15, 0.2) is 48.5 Å². The van der Waals surface area contributed by atoms with Crippen LogP contribution in [0, 0.1) is 6.92 Å². The van der Waals surface area contributed by atoms with Crippen molar-refractivity contribution >= 4 is 13.9 Å². The molecular weight excluding hydrogens is 199 g/mol. The van der Waals surface area contributed by atoms with Crippen LogP contribution >= 0.6 is 8.58 Å². The summed E-state index contributed by atoms with van der Waals surface area (Å²) in [4.78, 5) is 0. The lowest BCUT2D eigenvalue weighted by Crippen LogP contribution is -1.98. The number of benzene rings is 2. The predicted molar refractivity (Wildman–Crippen MR) is 70.5 cm³/mol. The van der Waals surface area contributed by atoms with Crippen molar-refractivity contribution in [1.82, 2.24) is 0 Å². The zero-order chi connectivity index (χ0) is 10.7. The minimum atomic E-state index is 0.851. The number of hydrogen-bond donors (Lipinski definition) is 0. The Morgan fingerprint density at radius 3 is 2.47 bits per heavy atom. The van der Waals surface area contributed by atoms with E-state index in [1.165, 1.54) is 22.0 Å². The first-order valence-corrected chi connectivity index (χ1v) is 6.65. The van der Waals surface area contributed by atoms with Gasteiger partial charge < -0.3 is 0 Å². The predicted octanol–water partition coefficient (Wildman–Crippen LogP) is 3.60. The lowest BCUT2D eigenvalue weighted by molar-refractivity contribution is 1.47. The highest BCUT2D eigenvalue weighted by Gasteiger charge is 2.02. The van der Waals surface area contributed by atoms with Gasteiger partial charge in [0.25, 0.3) is 0 Å². The molecule has 0 aliphatic heterocycles. The summed E-state index contributed by atoms with van der Waals surface area (Å²) in [5.41, 5.74) is 4.03. The number of aryl methyl sites for hydroxylation is 1. The summed E-state index contributed by atoms with van der Waals surface area (Å²) < 4.78 is 0. The van der Waals surface area contributed by atoms with Gasteiger partial charge in [-0.15, -0.1) is 0 Å². The first-order valence-electron chi connectivity index (χ1n) is 5.15. The molecule has 0 saturated carbocycles. The second-order valence-electron chi connectivity index (χ2n) is 3.67. The Morgan fingerprint density at radius 2 is 1.73 bits per heavy atom. The van der Waals surface area contributed by atoms with E-state index in [2.05, 4.69) is 62.1 Å². The molecule has 0 fully saturated rings. The van der Waals surface area contributed by atoms with Gasteiger partial charge in [-0.05, 0) is 30.0 Å². The lowest BCUT2D eigenvalue weighted by atomic mass is 10.0. The van der Waals surface area contributed by atoms with Gasteiger partial charge in [0.05, 0.1) is 0 Å². The van der Waals surface area contributed by atoms with Crippen molar-refractivity contribution in [3.63, 3.8) is 0 Å². The standard InChI is InChI=1S/C14H15P/c1-11-6-5-7-12(10-11)13-8-3-4-9-14(13)15-2/h3-10,15H,1-2H3. The van der Waals surface area contributed by atoms with Gasteiger partial charge >= 0.3 is 0 Å². The van der Waals surface area contributed by atoms with Crippen molar-refractivity contribution in [2.75, 3.05) is 6.66 Å². The highest BCUT2D eigenvalue weighted by molar-refractivity contribution is 7.46. The SMILES string of the molecule is CPc1ccccc1-c1cccc(C)c1. The molecule has 0 nitrogen and oxygen atoms in total. The Labute approximate surface area is 93.1 Å². The average Bonchev–Trinajstić information content (AvgIpc) is 2.29. The average molecular weight is 214 g/mol. The Kier molecular flexibility index (Phi) is 3.18. The van der Waals surface area contributed by atoms with Crippen molar-refractivity contribution in [1.29, 1.82) is 0 Å². The molecule has 2 aromatic rings. The second-order valence-corrected chi connectivity index (χ2v) is 4.70. The molecule has 0 heterocycles. The fourth-order valence-electron chi connectivity index (χ4n) is 1.77. The maximum Gasteiger partial charge on any atom is -0.0110 e. The van der Waals surface area contributed by atoms with Crippen LogP contribution < -0.4 is 5.30 Å². The van der Waals surface area contributed by atoms with Gasteiger partial charge in [0, 0.05) is 0 Å². The summed E-state index contributed by atoms with van der Waals surface area (Å²) in [6.45, 7) is 4.37. The third-order valence-electron chi connectivity index (χ3n) is 2.53. The molecule has 0 aromatic heterocycles. The largest absolute Gasteiger partial charge is 0.0929 e. The summed E-state index contributed by atoms with van der Waals surface area (Å²) in [5.74, 6) is 0. The maximum atomic E-state index is 2.25. The molecule has 2 aromatic carbocycles. The van der Waals surface area contributed by atoms with Crippen molar-refractivity contribution < 1.29 is 0 Å². The van der Waals surface area contributed by atoms with Crippen molar-refractivity contribution in [2.45, 2.75) is 6.92 Å². The first-order chi connectivity index (χ1) is 7.31. The molecule has 0 amide bonds. The Balaban J connectivity index is 2.53. The van der Waals surface area contributed by atoms with Gasteiger partial charge in [-0.2, -0.15) is 0 Å². The quantitative estimate of drug-likeness (QED) is 0.670. The molecule has 76 valence electrons. The molecule has 0 aliphatic carbocycles. The normalized spacial score (nSPS) is 11.1. The lowest BCUT2D eigenvalue weighted by Gasteiger charge is -2.08. The van der Waals surface area contributed by atoms with E-state index in [1.807, 2.05) is 0 Å². The topological polar surface area (TPSA) is 0 Å². The summed E-state index contributed by atoms with van der Waals surface area (Å²) in [7, 11) is 0.851. The first kappa shape index (κ1) is 10.4. The molecule has 0 spiro atoms. The van der Waals surface area contributed by atoms with Gasteiger partial charge in [0.2, 0.25) is 0 Å². The molecule has 2 rings (SSSR count). The van der Waals surface area contributed by atoms with Crippen molar-refractivity contribution in [3.05, 3.63) is 54.1 Å². The van der Waals surface area contributed by atoms with Crippen LogP contribution in [0.25, 0.3) is 11.1 Å². The van der Waals surface area contributed by atoms with Gasteiger partial charge in [-0.3, -0.25) is 0 Å². The number of hydrogen-bond acceptors (Lipinski definition) is 0. The van der Waals surface area contributed by atoms with Crippen molar-refractivity contribution in [2.24, 2.45) is 0 Å². The van der Waals surface area contributed by atoms with Crippen LogP contribution in [0.1, 0.15) is 5.56 Å². The molecule has 0 saturated heterocycles. The second kappa shape index (κ2) is 4.59. The minimum absolute atomic E-state index is 0.851. The summed E-state index contributed by atoms with van der Waals surface area (Å²) in [6.07, 6.45) is 0. The molecule has 1 atom stereocenters. The van der Waals surface area contributed by atoms with Crippen LogP contribution in [-0.2, 0) is 0 Å². The third-order valence-corrected chi connectivity index (χ3v) is 3.50. The van der Waals surface area contributed by atoms with E-state index in [0.717, 1.165) is 8.58 Å². The molecule has 15 heavy (non-hydrogen) atoms. The molecule has 1 heteroatoms. The van der Waals surface area contributed by atoms with E-state index in [1.54, 1.807) is 0 Å². The molecule has 0 N–H and O–H groups in total. The molecule has 0 radical (unpaired) electrons. The van der Waals surface area contributed by atoms with Crippen LogP contribution in [0.5, 0.6) is 0 Å². The fourth-order valence-corrected chi connectivity index (χ4v) is 2.53. The van der Waals surface area contributed by atoms with E-state index in [-0.39, 0.29) is 0 Å². The highest BCUT2D eigenvalue weighted by atomic mass is 31.1. The van der Waals surface area contributed by atoms with Gasteiger partial charge in [-0.25, -0.2) is 0 Å². The third kappa shape index (κ3) is 2.27. The molecular formula is C14H15P. The summed E-state index contributed by atoms with van der Waals surface area (Å²) in [6, 6.07) is 17.4. The monoisotopic (exact) mass is 214 g/mol. The van der Waals surface area contributed by atoms with E-state index >= 15 is 0 Å². The zero-order valence-electron chi connectivity index (χ0n) is 9.12. The highest BCUT2D eigenvalue weighted by Crippen LogP contribution is 2.22. The molecule has 0 bridgehead atoms. The van der Waals surface area contributed by atoms with E-state index in [4.69, 9.17) is 0 Å². The van der Waals surface area contributed by atoms with Gasteiger partial charge in [0.1, 0.15) is 0 Å². The summed E-state index contributed by atoms with van der Waals surface area (Å²) >= 11 is 0. The fraction of sp³-hybridized carbons (Fsp3) is 0.143. The smallest absolute Gasteiger partial charge is 0.0110 e. The van der Waals surface area contributed by atoms with E-state index < -0.39 is 0 Å². The van der Waals surface area contributed by atoms with Crippen LogP contribution in [0.3, 0.4) is 0 Å². The Morgan fingerprint density at radius 1 is 0.933 bits per heavy atom. The number of rotatable bonds is 2. The minimum Gasteiger partial charge on any atom is -0.0929 e. The van der Waals surface area contributed by atoms with Crippen LogP contribution in [0.4, 0.5) is 0 Å². The van der Waals surface area contributed by atoms with Gasteiger partial charge in [-0.1, -0.05) is 62.7 Å². The zero-order valence-corrected chi connectivity index (χ0v) is 10.1. The van der Waals surface area contributed by atoms with Crippen LogP contribution in [-0.4, -0.2) is 6.66 Å². The summed E-state index contributed by atoms with van der Waals surface area (Å²) in [5, 5.41) is 1.45. The van der Waals surface area contributed by atoms with E-state index in [0.29, 0.717) is 0 Å². The van der Waals surface area contributed by atoms with Crippen molar-refractivity contribution in [3.8, 4) is 11.1 Å². The van der Waals surface area contributed by atoms with Gasteiger partial charge in [0.15, 0.2) is 0 Å². The van der Waals surface area contributed by atoms with E-state index in [9.17, 15) is 0 Å². The molecule has 1 unspecified atom stereocenters. The Hall–Kier alpha value is -1.13.